The quantitative estimate of drug-likeness (QED) is 0.538. The predicted molar refractivity (Wildman–Crippen MR) is 101 cm³/mol. The van der Waals surface area contributed by atoms with Crippen molar-refractivity contribution >= 4 is 69.7 Å². The molecule has 0 aliphatic carbocycles. The number of nitrogens with zero attached hydrogens (tertiary/aromatic N) is 1. The summed E-state index contributed by atoms with van der Waals surface area (Å²) in [6, 6.07) is 4.66. The Morgan fingerprint density at radius 2 is 1.88 bits per heavy atom. The molecule has 0 spiro atoms. The first-order valence-corrected chi connectivity index (χ1v) is 8.36. The summed E-state index contributed by atoms with van der Waals surface area (Å²) in [7, 11) is 1.43. The lowest BCUT2D eigenvalue weighted by molar-refractivity contribution is -0.119. The summed E-state index contributed by atoms with van der Waals surface area (Å²) >= 11 is 23.3. The van der Waals surface area contributed by atoms with E-state index in [2.05, 4.69) is 10.3 Å². The number of carbonyl (C=O) groups excluding carboxylic acids is 2. The number of carbonyl (C=O) groups is 2. The van der Waals surface area contributed by atoms with E-state index in [1.54, 1.807) is 12.1 Å². The molecule has 7 nitrogen and oxygen atoms in total. The average Bonchev–Trinajstić information content (AvgIpc) is 2.61. The Kier molecular flexibility index (Phi) is 6.77. The number of pyridine rings is 1. The van der Waals surface area contributed by atoms with Crippen LogP contribution in [0.25, 0.3) is 0 Å². The highest BCUT2D eigenvalue weighted by atomic mass is 35.5. The molecule has 0 aliphatic rings. The standard InChI is InChI=1S/C15H11Cl4N3O4/c1-25-8-3-2-6(16)4-7(8)21-9(23)5-26-15(24)13-10(17)12(20)11(18)14(19)22-13/h2-4H,5H2,1H3,(H2,20,22)(H,21,23). The van der Waals surface area contributed by atoms with Crippen LogP contribution < -0.4 is 15.8 Å². The summed E-state index contributed by atoms with van der Waals surface area (Å²) in [5.41, 5.74) is 5.47. The fourth-order valence-corrected chi connectivity index (χ4v) is 2.59. The Morgan fingerprint density at radius 1 is 1.19 bits per heavy atom. The number of hydrogen-bond acceptors (Lipinski definition) is 6. The van der Waals surface area contributed by atoms with Crippen LogP contribution in [0.3, 0.4) is 0 Å². The van der Waals surface area contributed by atoms with E-state index in [0.717, 1.165) is 0 Å². The highest BCUT2D eigenvalue weighted by molar-refractivity contribution is 6.46. The fourth-order valence-electron chi connectivity index (χ4n) is 1.83. The number of hydrogen-bond donors (Lipinski definition) is 2. The van der Waals surface area contributed by atoms with Crippen molar-refractivity contribution in [1.29, 1.82) is 0 Å². The van der Waals surface area contributed by atoms with Gasteiger partial charge >= 0.3 is 5.97 Å². The van der Waals surface area contributed by atoms with Crippen LogP contribution in [-0.2, 0) is 9.53 Å². The number of anilines is 2. The SMILES string of the molecule is COc1ccc(Cl)cc1NC(=O)COC(=O)c1nc(Cl)c(Cl)c(N)c1Cl. The highest BCUT2D eigenvalue weighted by Gasteiger charge is 2.22. The summed E-state index contributed by atoms with van der Waals surface area (Å²) in [4.78, 5) is 27.8. The third-order valence-electron chi connectivity index (χ3n) is 3.04. The zero-order chi connectivity index (χ0) is 19.4. The summed E-state index contributed by atoms with van der Waals surface area (Å²) in [5.74, 6) is -1.24. The smallest absolute Gasteiger partial charge is 0.359 e. The second kappa shape index (κ2) is 8.64. The Morgan fingerprint density at radius 3 is 2.54 bits per heavy atom. The van der Waals surface area contributed by atoms with Crippen LogP contribution in [0.1, 0.15) is 10.5 Å². The topological polar surface area (TPSA) is 104 Å². The average molecular weight is 439 g/mol. The largest absolute Gasteiger partial charge is 0.495 e. The molecule has 1 aromatic carbocycles. The van der Waals surface area contributed by atoms with E-state index in [9.17, 15) is 9.59 Å². The van der Waals surface area contributed by atoms with Gasteiger partial charge in [0, 0.05) is 5.02 Å². The van der Waals surface area contributed by atoms with Gasteiger partial charge in [0.2, 0.25) is 0 Å². The van der Waals surface area contributed by atoms with Crippen molar-refractivity contribution in [3.8, 4) is 5.75 Å². The van der Waals surface area contributed by atoms with Gasteiger partial charge in [-0.3, -0.25) is 4.79 Å². The third-order valence-corrected chi connectivity index (χ3v) is 4.41. The number of aromatic nitrogens is 1. The Balaban J connectivity index is 2.06. The van der Waals surface area contributed by atoms with Gasteiger partial charge < -0.3 is 20.5 Å². The first-order chi connectivity index (χ1) is 12.2. The number of halogens is 4. The zero-order valence-corrected chi connectivity index (χ0v) is 16.1. The number of amides is 1. The molecule has 0 bridgehead atoms. The number of methoxy groups -OCH3 is 1. The van der Waals surface area contributed by atoms with Crippen LogP contribution >= 0.6 is 46.4 Å². The van der Waals surface area contributed by atoms with Gasteiger partial charge in [0.25, 0.3) is 5.91 Å². The first kappa shape index (κ1) is 20.4. The summed E-state index contributed by atoms with van der Waals surface area (Å²) in [6.07, 6.45) is 0. The summed E-state index contributed by atoms with van der Waals surface area (Å²) < 4.78 is 9.97. The van der Waals surface area contributed by atoms with Crippen LogP contribution in [0, 0.1) is 0 Å². The lowest BCUT2D eigenvalue weighted by Crippen LogP contribution is -2.22. The number of ether oxygens (including phenoxy) is 2. The van der Waals surface area contributed by atoms with Gasteiger partial charge in [-0.2, -0.15) is 0 Å². The van der Waals surface area contributed by atoms with E-state index >= 15 is 0 Å². The Hall–Kier alpha value is -1.93. The minimum absolute atomic E-state index is 0.0842. The predicted octanol–water partition coefficient (Wildman–Crippen LogP) is 4.08. The van der Waals surface area contributed by atoms with Gasteiger partial charge in [-0.25, -0.2) is 9.78 Å². The molecule has 1 amide bonds. The number of benzene rings is 1. The molecular weight excluding hydrogens is 428 g/mol. The molecule has 0 saturated carbocycles. The fraction of sp³-hybridized carbons (Fsp3) is 0.133. The number of rotatable bonds is 5. The maximum atomic E-state index is 12.1. The summed E-state index contributed by atoms with van der Waals surface area (Å²) in [5, 5.41) is 2.37. The molecule has 3 N–H and O–H groups in total. The molecule has 11 heteroatoms. The molecule has 26 heavy (non-hydrogen) atoms. The van der Waals surface area contributed by atoms with Crippen molar-refractivity contribution in [3.05, 3.63) is 44.1 Å². The molecule has 2 rings (SSSR count). The first-order valence-electron chi connectivity index (χ1n) is 6.85. The molecule has 2 aromatic rings. The molecule has 0 unspecified atom stereocenters. The molecular formula is C15H11Cl4N3O4. The van der Waals surface area contributed by atoms with Crippen molar-refractivity contribution < 1.29 is 19.1 Å². The highest BCUT2D eigenvalue weighted by Crippen LogP contribution is 2.34. The van der Waals surface area contributed by atoms with Crippen LogP contribution in [0.4, 0.5) is 11.4 Å². The van der Waals surface area contributed by atoms with Crippen LogP contribution in [-0.4, -0.2) is 30.6 Å². The number of nitrogen functional groups attached to an aromatic ring is 1. The van der Waals surface area contributed by atoms with Crippen LogP contribution in [0.5, 0.6) is 5.75 Å². The summed E-state index contributed by atoms with van der Waals surface area (Å²) in [6.45, 7) is -0.618. The van der Waals surface area contributed by atoms with Gasteiger partial charge in [-0.05, 0) is 18.2 Å². The minimum atomic E-state index is -0.992. The van der Waals surface area contributed by atoms with Crippen molar-refractivity contribution in [2.24, 2.45) is 0 Å². The Bertz CT molecular complexity index is 876. The van der Waals surface area contributed by atoms with E-state index in [1.165, 1.54) is 13.2 Å². The van der Waals surface area contributed by atoms with Crippen molar-refractivity contribution in [2.75, 3.05) is 24.8 Å². The van der Waals surface area contributed by atoms with Gasteiger partial charge in [-0.15, -0.1) is 0 Å². The van der Waals surface area contributed by atoms with Gasteiger partial charge in [0.1, 0.15) is 10.8 Å². The molecule has 0 saturated heterocycles. The molecule has 1 aromatic heterocycles. The second-order valence-corrected chi connectivity index (χ2v) is 6.31. The third kappa shape index (κ3) is 4.62. The van der Waals surface area contributed by atoms with Crippen LogP contribution in [0.15, 0.2) is 18.2 Å². The van der Waals surface area contributed by atoms with E-state index in [-0.39, 0.29) is 26.6 Å². The van der Waals surface area contributed by atoms with Crippen molar-refractivity contribution in [2.45, 2.75) is 0 Å². The van der Waals surface area contributed by atoms with Gasteiger partial charge in [-0.1, -0.05) is 46.4 Å². The number of nitrogens with one attached hydrogen (secondary N) is 1. The monoisotopic (exact) mass is 437 g/mol. The van der Waals surface area contributed by atoms with E-state index in [0.29, 0.717) is 16.5 Å². The van der Waals surface area contributed by atoms with Crippen molar-refractivity contribution in [3.63, 3.8) is 0 Å². The molecule has 1 heterocycles. The van der Waals surface area contributed by atoms with Crippen molar-refractivity contribution in [1.82, 2.24) is 4.98 Å². The zero-order valence-electron chi connectivity index (χ0n) is 13.1. The van der Waals surface area contributed by atoms with E-state index in [1.807, 2.05) is 0 Å². The lowest BCUT2D eigenvalue weighted by Gasteiger charge is -2.11. The molecule has 138 valence electrons. The maximum absolute atomic E-state index is 12.1. The normalized spacial score (nSPS) is 10.3. The van der Waals surface area contributed by atoms with Gasteiger partial charge in [0.15, 0.2) is 17.5 Å². The number of esters is 1. The van der Waals surface area contributed by atoms with Crippen LogP contribution in [0.2, 0.25) is 20.2 Å². The molecule has 0 radical (unpaired) electrons. The van der Waals surface area contributed by atoms with E-state index < -0.39 is 18.5 Å². The number of nitrogens with two attached hydrogens (primary N) is 1. The van der Waals surface area contributed by atoms with E-state index in [4.69, 9.17) is 61.6 Å². The Labute approximate surface area is 168 Å². The molecule has 0 fully saturated rings. The lowest BCUT2D eigenvalue weighted by atomic mass is 10.3. The second-order valence-electron chi connectivity index (χ2n) is 4.76. The molecule has 0 aliphatic heterocycles. The molecule has 0 atom stereocenters. The maximum Gasteiger partial charge on any atom is 0.359 e. The van der Waals surface area contributed by atoms with Gasteiger partial charge in [0.05, 0.1) is 23.5 Å². The minimum Gasteiger partial charge on any atom is -0.495 e.